The van der Waals surface area contributed by atoms with E-state index < -0.39 is 0 Å². The summed E-state index contributed by atoms with van der Waals surface area (Å²) in [5, 5.41) is 9.85. The van der Waals surface area contributed by atoms with Crippen molar-refractivity contribution in [2.75, 3.05) is 5.12 Å². The summed E-state index contributed by atoms with van der Waals surface area (Å²) in [5.74, 6) is 0. The third-order valence-electron chi connectivity index (χ3n) is 2.18. The number of aryl methyl sites for hydroxylation is 1. The van der Waals surface area contributed by atoms with Gasteiger partial charge >= 0.3 is 0 Å². The fourth-order valence-electron chi connectivity index (χ4n) is 1.37. The number of hydrogen-bond donors (Lipinski definition) is 1. The number of hydrazine groups is 1. The number of benzene rings is 1. The molecule has 14 heavy (non-hydrogen) atoms. The Labute approximate surface area is 83.6 Å². The van der Waals surface area contributed by atoms with Gasteiger partial charge in [0.15, 0.2) is 0 Å². The van der Waals surface area contributed by atoms with Gasteiger partial charge < -0.3 is 0 Å². The Balaban J connectivity index is 2.14. The molecule has 1 unspecified atom stereocenters. The molecule has 1 aliphatic rings. The van der Waals surface area contributed by atoms with Gasteiger partial charge in [-0.15, -0.1) is 5.11 Å². The van der Waals surface area contributed by atoms with E-state index in [4.69, 9.17) is 0 Å². The predicted molar refractivity (Wildman–Crippen MR) is 55.7 cm³/mol. The van der Waals surface area contributed by atoms with Crippen LogP contribution in [0.3, 0.4) is 0 Å². The summed E-state index contributed by atoms with van der Waals surface area (Å²) in [6.07, 6.45) is 1.07. The van der Waals surface area contributed by atoms with E-state index in [0.29, 0.717) is 0 Å². The molecule has 4 heteroatoms. The highest BCUT2D eigenvalue weighted by molar-refractivity contribution is 5.46. The van der Waals surface area contributed by atoms with Crippen LogP contribution in [0.2, 0.25) is 0 Å². The van der Waals surface area contributed by atoms with Gasteiger partial charge in [0.25, 0.3) is 0 Å². The summed E-state index contributed by atoms with van der Waals surface area (Å²) in [4.78, 5) is 0. The maximum absolute atomic E-state index is 4.08. The van der Waals surface area contributed by atoms with E-state index >= 15 is 0 Å². The zero-order chi connectivity index (χ0) is 9.97. The van der Waals surface area contributed by atoms with Crippen LogP contribution in [0.25, 0.3) is 0 Å². The van der Waals surface area contributed by atoms with Gasteiger partial charge in [0.2, 0.25) is 0 Å². The molecular weight excluding hydrogens is 176 g/mol. The van der Waals surface area contributed by atoms with Crippen LogP contribution in [0.5, 0.6) is 0 Å². The third kappa shape index (κ3) is 1.75. The van der Waals surface area contributed by atoms with Crippen LogP contribution >= 0.6 is 0 Å². The molecule has 1 atom stereocenters. The Bertz CT molecular complexity index is 348. The highest BCUT2D eigenvalue weighted by Crippen LogP contribution is 2.18. The highest BCUT2D eigenvalue weighted by Gasteiger charge is 2.17. The van der Waals surface area contributed by atoms with Gasteiger partial charge in [-0.3, -0.25) is 0 Å². The molecular formula is C10H14N4. The standard InChI is InChI=1S/C10H14N4/c1-3-10-11-13-14(12-10)9-6-4-5-8(2)7-9/h4-7,10,12H,3H2,1-2H3. The number of nitrogens with zero attached hydrogens (tertiary/aromatic N) is 3. The minimum absolute atomic E-state index is 0.121. The first-order valence-electron chi connectivity index (χ1n) is 4.83. The second kappa shape index (κ2) is 3.75. The molecule has 0 saturated carbocycles. The fourth-order valence-corrected chi connectivity index (χ4v) is 1.37. The Morgan fingerprint density at radius 2 is 2.36 bits per heavy atom. The fraction of sp³-hybridized carbons (Fsp3) is 0.400. The van der Waals surface area contributed by atoms with Crippen molar-refractivity contribution in [3.63, 3.8) is 0 Å². The number of nitrogens with one attached hydrogen (secondary N) is 1. The molecule has 1 aromatic carbocycles. The molecule has 0 fully saturated rings. The minimum atomic E-state index is 0.121. The van der Waals surface area contributed by atoms with Gasteiger partial charge in [0.05, 0.1) is 5.69 Å². The van der Waals surface area contributed by atoms with Crippen molar-refractivity contribution < 1.29 is 0 Å². The SMILES string of the molecule is CCC1N=NN(c2cccc(C)c2)N1. The molecule has 1 heterocycles. The number of rotatable bonds is 2. The molecule has 0 spiro atoms. The average molecular weight is 190 g/mol. The summed E-state index contributed by atoms with van der Waals surface area (Å²) in [6.45, 7) is 4.14. The van der Waals surface area contributed by atoms with Crippen molar-refractivity contribution in [1.29, 1.82) is 0 Å². The van der Waals surface area contributed by atoms with Gasteiger partial charge in [0, 0.05) is 0 Å². The van der Waals surface area contributed by atoms with Crippen LogP contribution in [0, 0.1) is 6.92 Å². The van der Waals surface area contributed by atoms with Crippen molar-refractivity contribution in [1.82, 2.24) is 5.43 Å². The Hall–Kier alpha value is -1.42. The normalized spacial score (nSPS) is 20.4. The molecule has 0 amide bonds. The molecule has 74 valence electrons. The highest BCUT2D eigenvalue weighted by atomic mass is 15.8. The number of anilines is 1. The van der Waals surface area contributed by atoms with Crippen LogP contribution in [-0.2, 0) is 0 Å². The molecule has 4 nitrogen and oxygen atoms in total. The maximum Gasteiger partial charge on any atom is 0.141 e. The van der Waals surface area contributed by atoms with Gasteiger partial charge in [-0.25, -0.2) is 0 Å². The van der Waals surface area contributed by atoms with E-state index in [9.17, 15) is 0 Å². The molecule has 2 rings (SSSR count). The first-order valence-corrected chi connectivity index (χ1v) is 4.83. The van der Waals surface area contributed by atoms with E-state index in [-0.39, 0.29) is 6.17 Å². The minimum Gasteiger partial charge on any atom is -0.185 e. The molecule has 0 bridgehead atoms. The lowest BCUT2D eigenvalue weighted by Crippen LogP contribution is -2.34. The molecule has 1 aromatic rings. The zero-order valence-corrected chi connectivity index (χ0v) is 8.44. The van der Waals surface area contributed by atoms with Crippen molar-refractivity contribution in [3.8, 4) is 0 Å². The third-order valence-corrected chi connectivity index (χ3v) is 2.18. The summed E-state index contributed by atoms with van der Waals surface area (Å²) in [6, 6.07) is 8.16. The largest absolute Gasteiger partial charge is 0.185 e. The van der Waals surface area contributed by atoms with Gasteiger partial charge in [-0.1, -0.05) is 24.3 Å². The summed E-state index contributed by atoms with van der Waals surface area (Å²) in [7, 11) is 0. The second-order valence-corrected chi connectivity index (χ2v) is 3.41. The molecule has 0 aromatic heterocycles. The first kappa shape index (κ1) is 9.15. The summed E-state index contributed by atoms with van der Waals surface area (Å²) < 4.78 is 0. The average Bonchev–Trinajstić information content (AvgIpc) is 2.66. The van der Waals surface area contributed by atoms with Crippen molar-refractivity contribution in [2.45, 2.75) is 26.4 Å². The first-order chi connectivity index (χ1) is 6.79. The maximum atomic E-state index is 4.08. The topological polar surface area (TPSA) is 40.0 Å². The van der Waals surface area contributed by atoms with E-state index in [1.165, 1.54) is 5.56 Å². The van der Waals surface area contributed by atoms with Gasteiger partial charge in [0.1, 0.15) is 6.17 Å². The predicted octanol–water partition coefficient (Wildman–Crippen LogP) is 2.42. The van der Waals surface area contributed by atoms with Gasteiger partial charge in [-0.05, 0) is 31.0 Å². The quantitative estimate of drug-likeness (QED) is 0.778. The molecule has 0 aliphatic carbocycles. The van der Waals surface area contributed by atoms with Gasteiger partial charge in [-0.2, -0.15) is 10.5 Å². The Morgan fingerprint density at radius 1 is 1.50 bits per heavy atom. The lowest BCUT2D eigenvalue weighted by Gasteiger charge is -2.14. The van der Waals surface area contributed by atoms with Crippen molar-refractivity contribution in [3.05, 3.63) is 29.8 Å². The van der Waals surface area contributed by atoms with E-state index in [2.05, 4.69) is 41.7 Å². The Morgan fingerprint density at radius 3 is 3.00 bits per heavy atom. The van der Waals surface area contributed by atoms with Crippen LogP contribution < -0.4 is 10.5 Å². The van der Waals surface area contributed by atoms with E-state index in [0.717, 1.165) is 12.1 Å². The molecule has 1 N–H and O–H groups in total. The number of hydrogen-bond acceptors (Lipinski definition) is 4. The molecule has 1 aliphatic heterocycles. The van der Waals surface area contributed by atoms with Crippen LogP contribution in [0.1, 0.15) is 18.9 Å². The second-order valence-electron chi connectivity index (χ2n) is 3.41. The lowest BCUT2D eigenvalue weighted by atomic mass is 10.2. The van der Waals surface area contributed by atoms with Crippen LogP contribution in [-0.4, -0.2) is 6.17 Å². The summed E-state index contributed by atoms with van der Waals surface area (Å²) >= 11 is 0. The van der Waals surface area contributed by atoms with Crippen LogP contribution in [0.15, 0.2) is 34.6 Å². The van der Waals surface area contributed by atoms with Crippen molar-refractivity contribution >= 4 is 5.69 Å². The molecule has 0 saturated heterocycles. The molecule has 0 radical (unpaired) electrons. The monoisotopic (exact) mass is 190 g/mol. The lowest BCUT2D eigenvalue weighted by molar-refractivity contribution is 0.564. The smallest absolute Gasteiger partial charge is 0.141 e. The van der Waals surface area contributed by atoms with Crippen LogP contribution in [0.4, 0.5) is 5.69 Å². The Kier molecular flexibility index (Phi) is 2.45. The van der Waals surface area contributed by atoms with E-state index in [1.54, 1.807) is 5.12 Å². The van der Waals surface area contributed by atoms with Crippen molar-refractivity contribution in [2.24, 2.45) is 10.3 Å². The van der Waals surface area contributed by atoms with E-state index in [1.807, 2.05) is 12.1 Å². The summed E-state index contributed by atoms with van der Waals surface area (Å²) in [5.41, 5.74) is 5.44. The zero-order valence-electron chi connectivity index (χ0n) is 8.44.